The van der Waals surface area contributed by atoms with Crippen molar-refractivity contribution in [1.29, 1.82) is 0 Å². The van der Waals surface area contributed by atoms with Crippen LogP contribution in [0.5, 0.6) is 11.5 Å². The smallest absolute Gasteiger partial charge is 0.179 e. The van der Waals surface area contributed by atoms with E-state index in [0.29, 0.717) is 30.0 Å². The Balaban J connectivity index is 1.79. The first-order chi connectivity index (χ1) is 10.1. The van der Waals surface area contributed by atoms with Gasteiger partial charge in [0.15, 0.2) is 11.5 Å². The zero-order valence-electron chi connectivity index (χ0n) is 12.6. The van der Waals surface area contributed by atoms with E-state index in [2.05, 4.69) is 24.8 Å². The van der Waals surface area contributed by atoms with E-state index in [4.69, 9.17) is 25.8 Å². The Hall–Kier alpha value is -0.970. The van der Waals surface area contributed by atoms with Gasteiger partial charge in [-0.05, 0) is 31.5 Å². The average Bonchev–Trinajstić information content (AvgIpc) is 2.68. The maximum atomic E-state index is 6.35. The second kappa shape index (κ2) is 6.42. The Labute approximate surface area is 130 Å². The molecule has 2 aliphatic heterocycles. The van der Waals surface area contributed by atoms with Crippen LogP contribution in [0, 0.1) is 0 Å². The minimum Gasteiger partial charge on any atom is -0.489 e. The van der Waals surface area contributed by atoms with Crippen LogP contribution in [0.15, 0.2) is 12.1 Å². The lowest BCUT2D eigenvalue weighted by Gasteiger charge is -2.36. The molecule has 1 fully saturated rings. The predicted molar refractivity (Wildman–Crippen MR) is 82.3 cm³/mol. The van der Waals surface area contributed by atoms with Crippen molar-refractivity contribution in [3.05, 3.63) is 22.7 Å². The molecule has 0 aromatic heterocycles. The van der Waals surface area contributed by atoms with Crippen molar-refractivity contribution in [2.45, 2.75) is 39.0 Å². The van der Waals surface area contributed by atoms with E-state index in [1.807, 2.05) is 6.07 Å². The lowest BCUT2D eigenvalue weighted by molar-refractivity contribution is -0.0526. The zero-order chi connectivity index (χ0) is 14.8. The summed E-state index contributed by atoms with van der Waals surface area (Å²) in [6.45, 7) is 8.20. The van der Waals surface area contributed by atoms with Crippen LogP contribution in [-0.2, 0) is 11.3 Å². The minimum atomic E-state index is 0.275. The molecular weight excluding hydrogens is 290 g/mol. The van der Waals surface area contributed by atoms with Crippen LogP contribution in [0.2, 0.25) is 5.02 Å². The quantitative estimate of drug-likeness (QED) is 0.840. The standard InChI is InChI=1S/C16H22ClNO3/c1-11-10-21-12(2)8-18(11)9-13-6-14(17)16-15(7-13)19-4-3-5-20-16/h6-7,11-12H,3-5,8-10H2,1-2H3/t11-,12+/m1/s1. The highest BCUT2D eigenvalue weighted by molar-refractivity contribution is 6.32. The highest BCUT2D eigenvalue weighted by Crippen LogP contribution is 2.38. The Bertz CT molecular complexity index is 509. The molecule has 1 aromatic carbocycles. The summed E-state index contributed by atoms with van der Waals surface area (Å²) in [6, 6.07) is 4.46. The number of ether oxygens (including phenoxy) is 3. The molecule has 0 N–H and O–H groups in total. The molecule has 0 bridgehead atoms. The highest BCUT2D eigenvalue weighted by Gasteiger charge is 2.24. The van der Waals surface area contributed by atoms with Crippen LogP contribution in [0.1, 0.15) is 25.8 Å². The summed E-state index contributed by atoms with van der Waals surface area (Å²) in [5.74, 6) is 1.45. The van der Waals surface area contributed by atoms with Gasteiger partial charge in [0.2, 0.25) is 0 Å². The zero-order valence-corrected chi connectivity index (χ0v) is 13.4. The van der Waals surface area contributed by atoms with Crippen molar-refractivity contribution in [2.24, 2.45) is 0 Å². The van der Waals surface area contributed by atoms with Crippen LogP contribution in [0.4, 0.5) is 0 Å². The van der Waals surface area contributed by atoms with Gasteiger partial charge in [0.25, 0.3) is 0 Å². The number of hydrogen-bond acceptors (Lipinski definition) is 4. The molecule has 0 radical (unpaired) electrons. The number of morpholine rings is 1. The van der Waals surface area contributed by atoms with Gasteiger partial charge in [-0.3, -0.25) is 4.90 Å². The molecule has 4 nitrogen and oxygen atoms in total. The van der Waals surface area contributed by atoms with Gasteiger partial charge < -0.3 is 14.2 Å². The first kappa shape index (κ1) is 14.9. The molecule has 0 aliphatic carbocycles. The summed E-state index contributed by atoms with van der Waals surface area (Å²) in [5, 5.41) is 0.637. The summed E-state index contributed by atoms with van der Waals surface area (Å²) in [4.78, 5) is 2.42. The number of hydrogen-bond donors (Lipinski definition) is 0. The van der Waals surface area contributed by atoms with E-state index >= 15 is 0 Å². The molecule has 1 saturated heterocycles. The first-order valence-electron chi connectivity index (χ1n) is 7.57. The number of halogens is 1. The average molecular weight is 312 g/mol. The predicted octanol–water partition coefficient (Wildman–Crippen LogP) is 3.11. The van der Waals surface area contributed by atoms with E-state index in [9.17, 15) is 0 Å². The van der Waals surface area contributed by atoms with Crippen molar-refractivity contribution in [3.63, 3.8) is 0 Å². The van der Waals surface area contributed by atoms with E-state index < -0.39 is 0 Å². The van der Waals surface area contributed by atoms with Gasteiger partial charge in [0, 0.05) is 25.6 Å². The lowest BCUT2D eigenvalue weighted by Crippen LogP contribution is -2.46. The molecular formula is C16H22ClNO3. The third-order valence-corrected chi connectivity index (χ3v) is 4.27. The van der Waals surface area contributed by atoms with Crippen molar-refractivity contribution < 1.29 is 14.2 Å². The summed E-state index contributed by atoms with van der Waals surface area (Å²) in [7, 11) is 0. The first-order valence-corrected chi connectivity index (χ1v) is 7.95. The Kier molecular flexibility index (Phi) is 4.57. The molecule has 0 unspecified atom stereocenters. The maximum Gasteiger partial charge on any atom is 0.179 e. The van der Waals surface area contributed by atoms with E-state index in [0.717, 1.165) is 37.4 Å². The van der Waals surface area contributed by atoms with Crippen LogP contribution in [-0.4, -0.2) is 43.4 Å². The van der Waals surface area contributed by atoms with Crippen molar-refractivity contribution in [1.82, 2.24) is 4.90 Å². The number of rotatable bonds is 2. The molecule has 0 amide bonds. The summed E-state index contributed by atoms with van der Waals surface area (Å²) < 4.78 is 17.1. The Morgan fingerprint density at radius 1 is 1.24 bits per heavy atom. The fraction of sp³-hybridized carbons (Fsp3) is 0.625. The molecule has 0 saturated carbocycles. The third-order valence-electron chi connectivity index (χ3n) is 3.98. The maximum absolute atomic E-state index is 6.35. The van der Waals surface area contributed by atoms with Crippen LogP contribution >= 0.6 is 11.6 Å². The van der Waals surface area contributed by atoms with Gasteiger partial charge in [-0.1, -0.05) is 11.6 Å². The molecule has 5 heteroatoms. The fourth-order valence-electron chi connectivity index (χ4n) is 2.80. The fourth-order valence-corrected chi connectivity index (χ4v) is 3.09. The second-order valence-corrected chi connectivity index (χ2v) is 6.28. The Morgan fingerprint density at radius 2 is 2.05 bits per heavy atom. The number of benzene rings is 1. The van der Waals surface area contributed by atoms with Crippen molar-refractivity contribution >= 4 is 11.6 Å². The molecule has 0 spiro atoms. The van der Waals surface area contributed by atoms with Gasteiger partial charge >= 0.3 is 0 Å². The topological polar surface area (TPSA) is 30.9 Å². The molecule has 2 aliphatic rings. The molecule has 116 valence electrons. The van der Waals surface area contributed by atoms with Crippen LogP contribution < -0.4 is 9.47 Å². The van der Waals surface area contributed by atoms with Crippen LogP contribution in [0.25, 0.3) is 0 Å². The third kappa shape index (κ3) is 3.44. The van der Waals surface area contributed by atoms with Gasteiger partial charge in [-0.2, -0.15) is 0 Å². The minimum absolute atomic E-state index is 0.275. The molecule has 3 rings (SSSR count). The summed E-state index contributed by atoms with van der Waals surface area (Å²) in [5.41, 5.74) is 1.16. The summed E-state index contributed by atoms with van der Waals surface area (Å²) in [6.07, 6.45) is 1.16. The van der Waals surface area contributed by atoms with Crippen LogP contribution in [0.3, 0.4) is 0 Å². The largest absolute Gasteiger partial charge is 0.489 e. The van der Waals surface area contributed by atoms with Gasteiger partial charge in [-0.15, -0.1) is 0 Å². The molecule has 1 aromatic rings. The van der Waals surface area contributed by atoms with Gasteiger partial charge in [0.1, 0.15) is 0 Å². The van der Waals surface area contributed by atoms with E-state index in [-0.39, 0.29) is 6.10 Å². The second-order valence-electron chi connectivity index (χ2n) is 5.88. The van der Waals surface area contributed by atoms with Gasteiger partial charge in [0.05, 0.1) is 30.9 Å². The molecule has 21 heavy (non-hydrogen) atoms. The lowest BCUT2D eigenvalue weighted by atomic mass is 10.1. The van der Waals surface area contributed by atoms with Crippen molar-refractivity contribution in [2.75, 3.05) is 26.4 Å². The molecule has 2 heterocycles. The van der Waals surface area contributed by atoms with E-state index in [1.54, 1.807) is 0 Å². The molecule has 2 atom stereocenters. The summed E-state index contributed by atoms with van der Waals surface area (Å²) >= 11 is 6.35. The van der Waals surface area contributed by atoms with Crippen molar-refractivity contribution in [3.8, 4) is 11.5 Å². The highest BCUT2D eigenvalue weighted by atomic mass is 35.5. The monoisotopic (exact) mass is 311 g/mol. The SMILES string of the molecule is C[C@@H]1CO[C@@H](C)CN1Cc1cc(Cl)c2c(c1)OCCCO2. The van der Waals surface area contributed by atoms with E-state index in [1.165, 1.54) is 0 Å². The number of fused-ring (bicyclic) bond motifs is 1. The van der Waals surface area contributed by atoms with Gasteiger partial charge in [-0.25, -0.2) is 0 Å². The Morgan fingerprint density at radius 3 is 2.90 bits per heavy atom. The number of nitrogens with zero attached hydrogens (tertiary/aromatic N) is 1. The normalized spacial score (nSPS) is 26.4.